The molecule has 1 heterocycles. The van der Waals surface area contributed by atoms with Gasteiger partial charge in [-0.2, -0.15) is 0 Å². The molecule has 100 valence electrons. The van der Waals surface area contributed by atoms with Crippen molar-refractivity contribution >= 4 is 0 Å². The molecule has 1 unspecified atom stereocenters. The highest BCUT2D eigenvalue weighted by molar-refractivity contribution is 5.40. The van der Waals surface area contributed by atoms with Crippen LogP contribution in [0.15, 0.2) is 30.3 Å². The Morgan fingerprint density at radius 2 is 2.05 bits per heavy atom. The van der Waals surface area contributed by atoms with Crippen molar-refractivity contribution in [3.05, 3.63) is 58.4 Å². The first-order valence-electron chi connectivity index (χ1n) is 7.07. The maximum absolute atomic E-state index is 3.61. The van der Waals surface area contributed by atoms with Gasteiger partial charge in [0.05, 0.1) is 0 Å². The van der Waals surface area contributed by atoms with Gasteiger partial charge in [0.15, 0.2) is 0 Å². The number of aryl methyl sites for hydroxylation is 1. The van der Waals surface area contributed by atoms with Crippen molar-refractivity contribution in [3.63, 3.8) is 0 Å². The van der Waals surface area contributed by atoms with Crippen molar-refractivity contribution in [3.8, 4) is 0 Å². The Labute approximate surface area is 115 Å². The summed E-state index contributed by atoms with van der Waals surface area (Å²) in [4.78, 5) is 0. The Morgan fingerprint density at radius 3 is 2.74 bits per heavy atom. The molecule has 19 heavy (non-hydrogen) atoms. The van der Waals surface area contributed by atoms with Crippen LogP contribution >= 0.6 is 0 Å². The summed E-state index contributed by atoms with van der Waals surface area (Å²) in [6, 6.07) is 11.1. The Bertz CT molecular complexity index is 595. The topological polar surface area (TPSA) is 17.0 Å². The molecule has 0 radical (unpaired) electrons. The first kappa shape index (κ1) is 12.5. The monoisotopic (exact) mass is 254 g/mol. The summed E-state index contributed by atoms with van der Waals surface area (Å²) in [6.45, 7) is 6.43. The molecule has 3 rings (SSSR count). The number of hydrogen-bond donors (Lipinski definition) is 1. The van der Waals surface area contributed by atoms with Crippen LogP contribution in [0.2, 0.25) is 0 Å². The molecule has 1 atom stereocenters. The van der Waals surface area contributed by atoms with E-state index in [0.717, 1.165) is 13.1 Å². The lowest BCUT2D eigenvalue weighted by Crippen LogP contribution is -2.28. The van der Waals surface area contributed by atoms with E-state index in [-0.39, 0.29) is 0 Å². The SMILES string of the molecule is Cc1cc(CNCC2Cc3ccccc32)c(C)n1C. The van der Waals surface area contributed by atoms with Gasteiger partial charge < -0.3 is 9.88 Å². The van der Waals surface area contributed by atoms with Crippen molar-refractivity contribution < 1.29 is 0 Å². The average Bonchev–Trinajstić information content (AvgIpc) is 2.63. The molecule has 1 N–H and O–H groups in total. The number of aromatic nitrogens is 1. The minimum absolute atomic E-state index is 0.710. The van der Waals surface area contributed by atoms with Crippen molar-refractivity contribution in [2.75, 3.05) is 6.54 Å². The maximum atomic E-state index is 3.61. The second kappa shape index (κ2) is 4.86. The van der Waals surface area contributed by atoms with Gasteiger partial charge >= 0.3 is 0 Å². The highest BCUT2D eigenvalue weighted by atomic mass is 15.0. The van der Waals surface area contributed by atoms with Gasteiger partial charge in [-0.05, 0) is 43.0 Å². The summed E-state index contributed by atoms with van der Waals surface area (Å²) < 4.78 is 2.26. The smallest absolute Gasteiger partial charge is 0.0223 e. The molecule has 1 aliphatic carbocycles. The van der Waals surface area contributed by atoms with Crippen LogP contribution in [0.5, 0.6) is 0 Å². The minimum Gasteiger partial charge on any atom is -0.352 e. The van der Waals surface area contributed by atoms with E-state index in [1.165, 1.54) is 34.5 Å². The van der Waals surface area contributed by atoms with E-state index in [2.05, 4.69) is 61.1 Å². The van der Waals surface area contributed by atoms with Crippen LogP contribution in [0, 0.1) is 13.8 Å². The van der Waals surface area contributed by atoms with Crippen molar-refractivity contribution in [2.24, 2.45) is 7.05 Å². The van der Waals surface area contributed by atoms with Crippen LogP contribution in [0.3, 0.4) is 0 Å². The van der Waals surface area contributed by atoms with Gasteiger partial charge in [0.1, 0.15) is 0 Å². The predicted octanol–water partition coefficient (Wildman–Crippen LogP) is 3.07. The quantitative estimate of drug-likeness (QED) is 0.887. The minimum atomic E-state index is 0.710. The van der Waals surface area contributed by atoms with Crippen LogP contribution in [-0.2, 0) is 20.0 Å². The molecule has 1 aliphatic rings. The average molecular weight is 254 g/mol. The summed E-state index contributed by atoms with van der Waals surface area (Å²) in [5.41, 5.74) is 7.20. The molecule has 0 bridgehead atoms. The van der Waals surface area contributed by atoms with E-state index in [9.17, 15) is 0 Å². The van der Waals surface area contributed by atoms with Crippen LogP contribution in [0.4, 0.5) is 0 Å². The molecule has 0 saturated heterocycles. The maximum Gasteiger partial charge on any atom is 0.0223 e. The van der Waals surface area contributed by atoms with E-state index in [1.807, 2.05) is 0 Å². The zero-order valence-corrected chi connectivity index (χ0v) is 12.0. The molecule has 0 amide bonds. The number of benzene rings is 1. The van der Waals surface area contributed by atoms with Crippen LogP contribution in [0.25, 0.3) is 0 Å². The molecule has 0 saturated carbocycles. The lowest BCUT2D eigenvalue weighted by molar-refractivity contribution is 0.535. The van der Waals surface area contributed by atoms with Crippen molar-refractivity contribution in [2.45, 2.75) is 32.7 Å². The van der Waals surface area contributed by atoms with E-state index in [4.69, 9.17) is 0 Å². The first-order chi connectivity index (χ1) is 9.16. The molecular formula is C17H22N2. The van der Waals surface area contributed by atoms with Crippen molar-refractivity contribution in [1.82, 2.24) is 9.88 Å². The highest BCUT2D eigenvalue weighted by Gasteiger charge is 2.24. The number of rotatable bonds is 4. The van der Waals surface area contributed by atoms with Gasteiger partial charge in [0.25, 0.3) is 0 Å². The Balaban J connectivity index is 1.56. The fourth-order valence-electron chi connectivity index (χ4n) is 3.04. The molecule has 1 aromatic heterocycles. The molecule has 2 nitrogen and oxygen atoms in total. The Morgan fingerprint density at radius 1 is 1.26 bits per heavy atom. The van der Waals surface area contributed by atoms with Gasteiger partial charge in [-0.1, -0.05) is 24.3 Å². The second-order valence-electron chi connectivity index (χ2n) is 5.69. The summed E-state index contributed by atoms with van der Waals surface area (Å²) in [5.74, 6) is 0.710. The summed E-state index contributed by atoms with van der Waals surface area (Å²) in [7, 11) is 2.14. The summed E-state index contributed by atoms with van der Waals surface area (Å²) >= 11 is 0. The van der Waals surface area contributed by atoms with Crippen molar-refractivity contribution in [1.29, 1.82) is 0 Å². The van der Waals surface area contributed by atoms with Crippen LogP contribution in [-0.4, -0.2) is 11.1 Å². The number of nitrogens with one attached hydrogen (secondary N) is 1. The van der Waals surface area contributed by atoms with Gasteiger partial charge in [-0.15, -0.1) is 0 Å². The number of nitrogens with zero attached hydrogens (tertiary/aromatic N) is 1. The summed E-state index contributed by atoms with van der Waals surface area (Å²) in [5, 5.41) is 3.61. The van der Waals surface area contributed by atoms with E-state index >= 15 is 0 Å². The van der Waals surface area contributed by atoms with E-state index in [0.29, 0.717) is 5.92 Å². The number of hydrogen-bond acceptors (Lipinski definition) is 1. The first-order valence-corrected chi connectivity index (χ1v) is 7.07. The zero-order chi connectivity index (χ0) is 13.4. The van der Waals surface area contributed by atoms with Gasteiger partial charge in [0.2, 0.25) is 0 Å². The van der Waals surface area contributed by atoms with Gasteiger partial charge in [0, 0.05) is 37.4 Å². The molecule has 1 aromatic carbocycles. The number of fused-ring (bicyclic) bond motifs is 1. The normalized spacial score (nSPS) is 17.1. The van der Waals surface area contributed by atoms with Gasteiger partial charge in [-0.25, -0.2) is 0 Å². The molecule has 0 aliphatic heterocycles. The van der Waals surface area contributed by atoms with E-state index < -0.39 is 0 Å². The fourth-order valence-corrected chi connectivity index (χ4v) is 3.04. The third-order valence-electron chi connectivity index (χ3n) is 4.55. The molecule has 2 aromatic rings. The Kier molecular flexibility index (Phi) is 3.19. The summed E-state index contributed by atoms with van der Waals surface area (Å²) in [6.07, 6.45) is 1.23. The third-order valence-corrected chi connectivity index (χ3v) is 4.55. The molecule has 0 spiro atoms. The molecule has 0 fully saturated rings. The second-order valence-corrected chi connectivity index (χ2v) is 5.69. The largest absolute Gasteiger partial charge is 0.352 e. The highest BCUT2D eigenvalue weighted by Crippen LogP contribution is 2.34. The van der Waals surface area contributed by atoms with E-state index in [1.54, 1.807) is 0 Å². The fraction of sp³-hybridized carbons (Fsp3) is 0.412. The molecule has 2 heteroatoms. The third kappa shape index (κ3) is 2.21. The Hall–Kier alpha value is -1.54. The van der Waals surface area contributed by atoms with Crippen LogP contribution < -0.4 is 5.32 Å². The predicted molar refractivity (Wildman–Crippen MR) is 79.5 cm³/mol. The van der Waals surface area contributed by atoms with Crippen LogP contribution in [0.1, 0.15) is 34.0 Å². The zero-order valence-electron chi connectivity index (χ0n) is 12.0. The van der Waals surface area contributed by atoms with Gasteiger partial charge in [-0.3, -0.25) is 0 Å². The standard InChI is InChI=1S/C17H22N2/c1-12-8-15(13(2)19(12)3)10-18-11-16-9-14-6-4-5-7-17(14)16/h4-8,16,18H,9-11H2,1-3H3. The molecular weight excluding hydrogens is 232 g/mol. The lowest BCUT2D eigenvalue weighted by atomic mass is 9.77. The lowest BCUT2D eigenvalue weighted by Gasteiger charge is -2.30.